The van der Waals surface area contributed by atoms with Gasteiger partial charge >= 0.3 is 18.9 Å². The average molecular weight is 135 g/mol. The van der Waals surface area contributed by atoms with E-state index in [1.165, 1.54) is 25.7 Å². The van der Waals surface area contributed by atoms with Gasteiger partial charge in [-0.1, -0.05) is 26.2 Å². The second-order valence-electron chi connectivity index (χ2n) is 2.23. The van der Waals surface area contributed by atoms with E-state index in [2.05, 4.69) is 11.9 Å². The molecule has 0 heterocycles. The molecule has 0 aromatic heterocycles. The van der Waals surface area contributed by atoms with Crippen LogP contribution in [-0.4, -0.2) is 12.8 Å². The van der Waals surface area contributed by atoms with Crippen LogP contribution in [0.25, 0.3) is 0 Å². The Bertz CT molecular complexity index is 76.5. The Kier molecular flexibility index (Phi) is 15.5. The third kappa shape index (κ3) is 11.1. The first-order valence-corrected chi connectivity index (χ1v) is 3.86. The molecule has 0 atom stereocenters. The van der Waals surface area contributed by atoms with E-state index in [4.69, 9.17) is 0 Å². The third-order valence-electron chi connectivity index (χ3n) is 1.32. The summed E-state index contributed by atoms with van der Waals surface area (Å²) in [6.07, 6.45) is 7.16. The van der Waals surface area contributed by atoms with E-state index in [1.54, 1.807) is 0 Å². The van der Waals surface area contributed by atoms with Gasteiger partial charge in [-0.3, -0.25) is 4.99 Å². The minimum absolute atomic E-state index is 0. The van der Waals surface area contributed by atoms with Crippen molar-refractivity contribution in [3.8, 4) is 0 Å². The van der Waals surface area contributed by atoms with Crippen LogP contribution in [0.15, 0.2) is 4.99 Å². The van der Waals surface area contributed by atoms with E-state index in [1.807, 2.05) is 13.1 Å². The second-order valence-corrected chi connectivity index (χ2v) is 2.23. The molecule has 0 saturated heterocycles. The fraction of sp³-hybridized carbons (Fsp3) is 0.875. The second kappa shape index (κ2) is 12.0. The molecule has 0 bridgehead atoms. The van der Waals surface area contributed by atoms with Crippen LogP contribution in [0.5, 0.6) is 0 Å². The summed E-state index contributed by atoms with van der Waals surface area (Å²) in [5.41, 5.74) is 0. The van der Waals surface area contributed by atoms with Gasteiger partial charge in [0.05, 0.1) is 0 Å². The molecule has 0 aliphatic heterocycles. The summed E-state index contributed by atoms with van der Waals surface area (Å²) in [5.74, 6) is 0. The first kappa shape index (κ1) is 12.9. The van der Waals surface area contributed by atoms with E-state index in [9.17, 15) is 0 Å². The van der Waals surface area contributed by atoms with E-state index >= 15 is 0 Å². The van der Waals surface area contributed by atoms with Crippen LogP contribution in [-0.2, 0) is 0 Å². The molecule has 0 aromatic carbocycles. The molecule has 0 aliphatic carbocycles. The number of hydrogen-bond donors (Lipinski definition) is 0. The fourth-order valence-electron chi connectivity index (χ4n) is 0.759. The Morgan fingerprint density at radius 2 is 2.00 bits per heavy atom. The number of nitrogens with zero attached hydrogens (tertiary/aromatic N) is 1. The Morgan fingerprint density at radius 3 is 2.50 bits per heavy atom. The molecule has 56 valence electrons. The zero-order valence-corrected chi connectivity index (χ0v) is 7.56. The number of unbranched alkanes of at least 4 members (excludes halogenated alkanes) is 3. The molecule has 2 heteroatoms. The minimum atomic E-state index is 0. The predicted octanol–water partition coefficient (Wildman–Crippen LogP) is -0.226. The molecule has 0 radical (unpaired) electrons. The van der Waals surface area contributed by atoms with Crippen molar-refractivity contribution in [2.24, 2.45) is 4.99 Å². The van der Waals surface area contributed by atoms with Crippen molar-refractivity contribution in [2.45, 2.75) is 39.5 Å². The summed E-state index contributed by atoms with van der Waals surface area (Å²) in [4.78, 5) is 4.12. The van der Waals surface area contributed by atoms with Gasteiger partial charge in [0.25, 0.3) is 0 Å². The summed E-state index contributed by atoms with van der Waals surface area (Å²) in [6, 6.07) is 0. The van der Waals surface area contributed by atoms with Crippen molar-refractivity contribution in [3.63, 3.8) is 0 Å². The summed E-state index contributed by atoms with van der Waals surface area (Å²) in [6.45, 7) is 5.22. The predicted molar refractivity (Wildman–Crippen MR) is 44.3 cm³/mol. The van der Waals surface area contributed by atoms with Gasteiger partial charge in [0, 0.05) is 6.54 Å². The zero-order chi connectivity index (χ0) is 6.95. The van der Waals surface area contributed by atoms with Gasteiger partial charge in [0.15, 0.2) is 0 Å². The summed E-state index contributed by atoms with van der Waals surface area (Å²) >= 11 is 0. The van der Waals surface area contributed by atoms with Gasteiger partial charge in [0.1, 0.15) is 0 Å². The third-order valence-corrected chi connectivity index (χ3v) is 1.32. The van der Waals surface area contributed by atoms with E-state index < -0.39 is 0 Å². The molecule has 0 aliphatic rings. The normalized spacial score (nSPS) is 9.80. The Hall–Kier alpha value is 0.267. The first-order valence-electron chi connectivity index (χ1n) is 3.86. The van der Waals surface area contributed by atoms with Gasteiger partial charge in [-0.15, -0.1) is 0 Å². The van der Waals surface area contributed by atoms with Crippen molar-refractivity contribution in [1.82, 2.24) is 0 Å². The quantitative estimate of drug-likeness (QED) is 0.280. The van der Waals surface area contributed by atoms with Gasteiger partial charge in [0.2, 0.25) is 0 Å². The molecule has 0 unspecified atom stereocenters. The van der Waals surface area contributed by atoms with E-state index in [-0.39, 0.29) is 20.3 Å². The molecular weight excluding hydrogens is 117 g/mol. The molecule has 1 nitrogen and oxygen atoms in total. The van der Waals surface area contributed by atoms with Crippen LogP contribution in [0.1, 0.15) is 41.0 Å². The molecular formula is C8H18LiN. The smallest absolute Gasteiger partial charge is 1.00 e. The van der Waals surface area contributed by atoms with Crippen molar-refractivity contribution >= 4 is 6.21 Å². The maximum absolute atomic E-state index is 4.12. The molecule has 0 fully saturated rings. The van der Waals surface area contributed by atoms with Gasteiger partial charge in [-0.2, -0.15) is 0 Å². The maximum Gasteiger partial charge on any atom is 1.00 e. The van der Waals surface area contributed by atoms with Crippen LogP contribution in [0.4, 0.5) is 0 Å². The molecule has 0 rings (SSSR count). The number of rotatable bonds is 5. The maximum atomic E-state index is 4.12. The summed E-state index contributed by atoms with van der Waals surface area (Å²) in [5, 5.41) is 0. The Labute approximate surface area is 78.0 Å². The number of aliphatic imine (C=N–C) groups is 1. The van der Waals surface area contributed by atoms with Crippen molar-refractivity contribution in [2.75, 3.05) is 6.54 Å². The van der Waals surface area contributed by atoms with E-state index in [0.717, 1.165) is 6.54 Å². The summed E-state index contributed by atoms with van der Waals surface area (Å²) < 4.78 is 0. The number of hydrogen-bond acceptors (Lipinski definition) is 1. The monoisotopic (exact) mass is 135 g/mol. The summed E-state index contributed by atoms with van der Waals surface area (Å²) in [7, 11) is 0. The van der Waals surface area contributed by atoms with E-state index in [0.29, 0.717) is 0 Å². The van der Waals surface area contributed by atoms with Crippen LogP contribution < -0.4 is 18.9 Å². The molecule has 0 N–H and O–H groups in total. The van der Waals surface area contributed by atoms with Gasteiger partial charge < -0.3 is 1.43 Å². The van der Waals surface area contributed by atoms with Crippen molar-refractivity contribution in [1.29, 1.82) is 0 Å². The van der Waals surface area contributed by atoms with Crippen LogP contribution in [0.3, 0.4) is 0 Å². The first-order chi connectivity index (χ1) is 4.41. The molecule has 0 saturated carbocycles. The molecule has 10 heavy (non-hydrogen) atoms. The topological polar surface area (TPSA) is 12.4 Å². The minimum Gasteiger partial charge on any atom is -1.00 e. The Morgan fingerprint density at radius 1 is 1.30 bits per heavy atom. The average Bonchev–Trinajstić information content (AvgIpc) is 1.89. The van der Waals surface area contributed by atoms with Crippen molar-refractivity contribution in [3.05, 3.63) is 0 Å². The SMILES string of the molecule is CC=NCCCCCC.[H-].[Li+]. The van der Waals surface area contributed by atoms with Gasteiger partial charge in [-0.25, -0.2) is 0 Å². The zero-order valence-electron chi connectivity index (χ0n) is 8.56. The van der Waals surface area contributed by atoms with Crippen LogP contribution in [0, 0.1) is 0 Å². The van der Waals surface area contributed by atoms with Gasteiger partial charge in [-0.05, 0) is 19.6 Å². The van der Waals surface area contributed by atoms with Crippen LogP contribution in [0.2, 0.25) is 0 Å². The van der Waals surface area contributed by atoms with Crippen molar-refractivity contribution < 1.29 is 20.3 Å². The molecule has 0 spiro atoms. The molecule has 0 aromatic rings. The standard InChI is InChI=1S/C8H17N.Li.H/c1-3-5-6-7-8-9-4-2;;/h4H,3,5-8H2,1-2H3;;/q;+1;-1. The van der Waals surface area contributed by atoms with Crippen LogP contribution >= 0.6 is 0 Å². The largest absolute Gasteiger partial charge is 1.00 e. The molecule has 0 amide bonds. The fourth-order valence-corrected chi connectivity index (χ4v) is 0.759. The Balaban J connectivity index is -0.000000320.